The average Bonchev–Trinajstić information content (AvgIpc) is 2.63. The Morgan fingerprint density at radius 3 is 3.20 bits per heavy atom. The highest BCUT2D eigenvalue weighted by molar-refractivity contribution is 6.30. The summed E-state index contributed by atoms with van der Waals surface area (Å²) in [5.41, 5.74) is 1.04. The summed E-state index contributed by atoms with van der Waals surface area (Å²) in [7, 11) is 0. The molecular formula is C11H15ClN2O. The van der Waals surface area contributed by atoms with Crippen LogP contribution in [0.5, 0.6) is 0 Å². The van der Waals surface area contributed by atoms with Gasteiger partial charge in [-0.3, -0.25) is 0 Å². The maximum absolute atomic E-state index is 5.96. The molecule has 2 unspecified atom stereocenters. The molecule has 1 saturated heterocycles. The smallest absolute Gasteiger partial charge is 0.133 e. The van der Waals surface area contributed by atoms with Gasteiger partial charge in [-0.2, -0.15) is 0 Å². The molecule has 1 N–H and O–H groups in total. The number of nitrogens with zero attached hydrogens (tertiary/aromatic N) is 1. The molecule has 15 heavy (non-hydrogen) atoms. The van der Waals surface area contributed by atoms with Crippen molar-refractivity contribution < 1.29 is 4.74 Å². The summed E-state index contributed by atoms with van der Waals surface area (Å²) in [4.78, 5) is 4.04. The van der Waals surface area contributed by atoms with Crippen LogP contribution in [0.3, 0.4) is 0 Å². The zero-order chi connectivity index (χ0) is 10.7. The Balaban J connectivity index is 1.90. The lowest BCUT2D eigenvalue weighted by Gasteiger charge is -2.16. The van der Waals surface area contributed by atoms with Crippen molar-refractivity contribution in [2.75, 3.05) is 6.61 Å². The van der Waals surface area contributed by atoms with Gasteiger partial charge in [0.15, 0.2) is 0 Å². The maximum Gasteiger partial charge on any atom is 0.133 e. The SMILES string of the molecule is CC1OCCC1NCc1cccnc1Cl. The second kappa shape index (κ2) is 4.92. The third-order valence-corrected chi connectivity index (χ3v) is 3.11. The zero-order valence-electron chi connectivity index (χ0n) is 8.74. The van der Waals surface area contributed by atoms with E-state index in [0.29, 0.717) is 17.3 Å². The van der Waals surface area contributed by atoms with Crippen molar-refractivity contribution in [1.82, 2.24) is 10.3 Å². The summed E-state index contributed by atoms with van der Waals surface area (Å²) in [6.45, 7) is 3.69. The predicted octanol–water partition coefficient (Wildman–Crippen LogP) is 2.00. The van der Waals surface area contributed by atoms with Gasteiger partial charge in [-0.05, 0) is 19.4 Å². The molecule has 2 rings (SSSR count). The first-order valence-corrected chi connectivity index (χ1v) is 5.59. The molecule has 1 aromatic rings. The lowest BCUT2D eigenvalue weighted by molar-refractivity contribution is 0.113. The number of halogens is 1. The monoisotopic (exact) mass is 226 g/mol. The first kappa shape index (κ1) is 10.9. The number of ether oxygens (including phenoxy) is 1. The number of hydrogen-bond donors (Lipinski definition) is 1. The summed E-state index contributed by atoms with van der Waals surface area (Å²) in [6.07, 6.45) is 3.06. The Morgan fingerprint density at radius 1 is 1.67 bits per heavy atom. The first-order valence-electron chi connectivity index (χ1n) is 5.22. The highest BCUT2D eigenvalue weighted by Gasteiger charge is 2.23. The molecule has 0 aromatic carbocycles. The van der Waals surface area contributed by atoms with E-state index >= 15 is 0 Å². The zero-order valence-corrected chi connectivity index (χ0v) is 9.50. The molecular weight excluding hydrogens is 212 g/mol. The van der Waals surface area contributed by atoms with Crippen molar-refractivity contribution >= 4 is 11.6 Å². The Bertz CT molecular complexity index is 332. The minimum atomic E-state index is 0.292. The van der Waals surface area contributed by atoms with E-state index < -0.39 is 0 Å². The molecule has 2 heterocycles. The van der Waals surface area contributed by atoms with E-state index in [1.54, 1.807) is 6.20 Å². The fraction of sp³-hybridized carbons (Fsp3) is 0.545. The number of aromatic nitrogens is 1. The number of pyridine rings is 1. The van der Waals surface area contributed by atoms with E-state index in [0.717, 1.165) is 25.1 Å². The van der Waals surface area contributed by atoms with Gasteiger partial charge in [0, 0.05) is 31.0 Å². The number of rotatable bonds is 3. The first-order chi connectivity index (χ1) is 7.27. The van der Waals surface area contributed by atoms with Crippen molar-refractivity contribution in [2.45, 2.75) is 32.0 Å². The summed E-state index contributed by atoms with van der Waals surface area (Å²) in [5, 5.41) is 4.02. The fourth-order valence-corrected chi connectivity index (χ4v) is 1.98. The fourth-order valence-electron chi connectivity index (χ4n) is 1.79. The van der Waals surface area contributed by atoms with Crippen molar-refractivity contribution in [1.29, 1.82) is 0 Å². The summed E-state index contributed by atoms with van der Waals surface area (Å²) in [6, 6.07) is 4.32. The van der Waals surface area contributed by atoms with Crippen LogP contribution in [0, 0.1) is 0 Å². The Labute approximate surface area is 94.8 Å². The van der Waals surface area contributed by atoms with Gasteiger partial charge in [0.2, 0.25) is 0 Å². The molecule has 82 valence electrons. The minimum Gasteiger partial charge on any atom is -0.377 e. The molecule has 0 spiro atoms. The normalized spacial score (nSPS) is 25.7. The molecule has 2 atom stereocenters. The molecule has 1 fully saturated rings. The topological polar surface area (TPSA) is 34.1 Å². The van der Waals surface area contributed by atoms with Crippen LogP contribution < -0.4 is 5.32 Å². The highest BCUT2D eigenvalue weighted by Crippen LogP contribution is 2.15. The number of nitrogens with one attached hydrogen (secondary N) is 1. The molecule has 0 radical (unpaired) electrons. The minimum absolute atomic E-state index is 0.292. The molecule has 1 aliphatic rings. The van der Waals surface area contributed by atoms with Gasteiger partial charge >= 0.3 is 0 Å². The number of hydrogen-bond acceptors (Lipinski definition) is 3. The third kappa shape index (κ3) is 2.68. The summed E-state index contributed by atoms with van der Waals surface area (Å²) >= 11 is 5.96. The molecule has 0 aliphatic carbocycles. The second-order valence-corrected chi connectivity index (χ2v) is 4.16. The molecule has 0 saturated carbocycles. The van der Waals surface area contributed by atoms with Crippen LogP contribution in [0.1, 0.15) is 18.9 Å². The quantitative estimate of drug-likeness (QED) is 0.801. The maximum atomic E-state index is 5.96. The van der Waals surface area contributed by atoms with Crippen LogP contribution in [-0.2, 0) is 11.3 Å². The van der Waals surface area contributed by atoms with Crippen molar-refractivity contribution in [3.63, 3.8) is 0 Å². The Hall–Kier alpha value is -0.640. The van der Waals surface area contributed by atoms with Crippen LogP contribution >= 0.6 is 11.6 Å². The molecule has 1 aromatic heterocycles. The average molecular weight is 227 g/mol. The van der Waals surface area contributed by atoms with E-state index in [9.17, 15) is 0 Å². The van der Waals surface area contributed by atoms with Crippen LogP contribution in [0.15, 0.2) is 18.3 Å². The van der Waals surface area contributed by atoms with E-state index in [1.807, 2.05) is 12.1 Å². The van der Waals surface area contributed by atoms with Gasteiger partial charge in [0.1, 0.15) is 5.15 Å². The van der Waals surface area contributed by atoms with Gasteiger partial charge < -0.3 is 10.1 Å². The lowest BCUT2D eigenvalue weighted by Crippen LogP contribution is -2.34. The third-order valence-electron chi connectivity index (χ3n) is 2.77. The van der Waals surface area contributed by atoms with Crippen LogP contribution in [0.4, 0.5) is 0 Å². The van der Waals surface area contributed by atoms with Crippen LogP contribution in [-0.4, -0.2) is 23.7 Å². The molecule has 4 heteroatoms. The predicted molar refractivity (Wildman–Crippen MR) is 59.9 cm³/mol. The van der Waals surface area contributed by atoms with Gasteiger partial charge in [-0.1, -0.05) is 17.7 Å². The molecule has 1 aliphatic heterocycles. The van der Waals surface area contributed by atoms with Crippen molar-refractivity contribution in [2.24, 2.45) is 0 Å². The second-order valence-electron chi connectivity index (χ2n) is 3.81. The Morgan fingerprint density at radius 2 is 2.53 bits per heavy atom. The highest BCUT2D eigenvalue weighted by atomic mass is 35.5. The standard InChI is InChI=1S/C11H15ClN2O/c1-8-10(4-6-15-8)14-7-9-3-2-5-13-11(9)12/h2-3,5,8,10,14H,4,6-7H2,1H3. The summed E-state index contributed by atoms with van der Waals surface area (Å²) in [5.74, 6) is 0. The molecule has 0 bridgehead atoms. The van der Waals surface area contributed by atoms with E-state index in [4.69, 9.17) is 16.3 Å². The van der Waals surface area contributed by atoms with Gasteiger partial charge in [-0.15, -0.1) is 0 Å². The summed E-state index contributed by atoms with van der Waals surface area (Å²) < 4.78 is 5.47. The van der Waals surface area contributed by atoms with Crippen LogP contribution in [0.2, 0.25) is 5.15 Å². The van der Waals surface area contributed by atoms with E-state index in [2.05, 4.69) is 17.2 Å². The molecule has 0 amide bonds. The Kier molecular flexibility index (Phi) is 3.57. The van der Waals surface area contributed by atoms with Crippen LogP contribution in [0.25, 0.3) is 0 Å². The van der Waals surface area contributed by atoms with E-state index in [-0.39, 0.29) is 0 Å². The van der Waals surface area contributed by atoms with Gasteiger partial charge in [-0.25, -0.2) is 4.98 Å². The lowest BCUT2D eigenvalue weighted by atomic mass is 10.1. The van der Waals surface area contributed by atoms with E-state index in [1.165, 1.54) is 0 Å². The molecule has 3 nitrogen and oxygen atoms in total. The van der Waals surface area contributed by atoms with Crippen molar-refractivity contribution in [3.8, 4) is 0 Å². The van der Waals surface area contributed by atoms with Gasteiger partial charge in [0.05, 0.1) is 6.10 Å². The van der Waals surface area contributed by atoms with Crippen molar-refractivity contribution in [3.05, 3.63) is 29.0 Å². The largest absolute Gasteiger partial charge is 0.377 e. The van der Waals surface area contributed by atoms with Gasteiger partial charge in [0.25, 0.3) is 0 Å².